The van der Waals surface area contributed by atoms with Crippen molar-refractivity contribution in [2.45, 2.75) is 50.4 Å². The number of rotatable bonds is 5. The molecule has 0 fully saturated rings. The number of fused-ring (bicyclic) bond motifs is 4. The zero-order chi connectivity index (χ0) is 28.2. The second kappa shape index (κ2) is 9.67. The second-order valence-electron chi connectivity index (χ2n) is 10.6. The van der Waals surface area contributed by atoms with Crippen molar-refractivity contribution in [1.29, 1.82) is 0 Å². The molecule has 4 atom stereocenters. The molecule has 6 rings (SSSR count). The van der Waals surface area contributed by atoms with Gasteiger partial charge in [0, 0.05) is 17.7 Å². The molecule has 0 saturated carbocycles. The summed E-state index contributed by atoms with van der Waals surface area (Å²) in [6.45, 7) is 3.18. The van der Waals surface area contributed by atoms with Gasteiger partial charge in [-0.15, -0.1) is 0 Å². The number of oxazole rings is 1. The van der Waals surface area contributed by atoms with Gasteiger partial charge in [-0.05, 0) is 35.6 Å². The van der Waals surface area contributed by atoms with Gasteiger partial charge in [0.05, 0.1) is 13.7 Å². The molecule has 1 aromatic heterocycles. The summed E-state index contributed by atoms with van der Waals surface area (Å²) in [7, 11) is 1.17. The molecule has 11 heteroatoms. The number of carbonyl (C=O) groups excluding carboxylic acids is 3. The molecule has 1 spiro atoms. The lowest BCUT2D eigenvalue weighted by molar-refractivity contribution is -0.143. The monoisotopic (exact) mass is 546 g/mol. The normalized spacial score (nSPS) is 23.0. The first-order chi connectivity index (χ1) is 19.3. The van der Waals surface area contributed by atoms with Crippen LogP contribution in [-0.2, 0) is 26.2 Å². The highest BCUT2D eigenvalue weighted by atomic mass is 16.5. The number of anilines is 1. The predicted molar refractivity (Wildman–Crippen MR) is 142 cm³/mol. The number of nitrogens with one attached hydrogen (secondary N) is 3. The van der Waals surface area contributed by atoms with Crippen molar-refractivity contribution in [2.24, 2.45) is 5.92 Å². The summed E-state index contributed by atoms with van der Waals surface area (Å²) in [4.78, 5) is 43.6. The van der Waals surface area contributed by atoms with Crippen LogP contribution in [0.25, 0.3) is 0 Å². The number of ether oxygens (including phenoxy) is 2. The SMILES string of the molecule is COC(=O)C(CO)NC(=O)c1nc2oc1C13c4ccccc4NC1Oc1ccc(cc13)CCC(=O)NC2C(C)C. The number of para-hydroxylation sites is 1. The van der Waals surface area contributed by atoms with Gasteiger partial charge in [-0.3, -0.25) is 9.59 Å². The van der Waals surface area contributed by atoms with E-state index in [0.717, 1.165) is 22.4 Å². The Morgan fingerprint density at radius 2 is 1.98 bits per heavy atom. The van der Waals surface area contributed by atoms with E-state index in [-0.39, 0.29) is 35.6 Å². The van der Waals surface area contributed by atoms with E-state index in [4.69, 9.17) is 13.9 Å². The summed E-state index contributed by atoms with van der Waals surface area (Å²) in [5.41, 5.74) is 2.17. The number of methoxy groups -OCH3 is 1. The van der Waals surface area contributed by atoms with Crippen molar-refractivity contribution in [3.05, 3.63) is 76.5 Å². The number of aliphatic hydroxyl groups is 1. The standard InChI is InChI=1S/C29H30N4O7/c1-14(2)22-26-33-23(25(36)30-19(13-34)27(37)38-3)24(40-26)29-16-6-4-5-7-18(16)31-28(29)39-20-10-8-15(12-17(20)29)9-11-21(35)32-22/h4-8,10,12,14,19,22,28,31,34H,9,11,13H2,1-3H3,(H,30,36)(H,32,35). The van der Waals surface area contributed by atoms with E-state index < -0.39 is 42.2 Å². The average molecular weight is 547 g/mol. The number of hydrogen-bond donors (Lipinski definition) is 4. The molecule has 4 heterocycles. The molecule has 4 N–H and O–H groups in total. The molecule has 3 aliphatic rings. The van der Waals surface area contributed by atoms with Gasteiger partial charge in [-0.2, -0.15) is 0 Å². The van der Waals surface area contributed by atoms with E-state index in [2.05, 4.69) is 20.9 Å². The fraction of sp³-hybridized carbons (Fsp3) is 0.379. The first-order valence-corrected chi connectivity index (χ1v) is 13.2. The van der Waals surface area contributed by atoms with E-state index in [9.17, 15) is 19.5 Å². The molecular weight excluding hydrogens is 516 g/mol. The number of hydrogen-bond acceptors (Lipinski definition) is 9. The van der Waals surface area contributed by atoms with Crippen LogP contribution in [-0.4, -0.2) is 53.9 Å². The number of aromatic nitrogens is 1. The molecule has 4 unspecified atom stereocenters. The maximum Gasteiger partial charge on any atom is 0.330 e. The van der Waals surface area contributed by atoms with E-state index in [1.54, 1.807) is 0 Å². The maximum atomic E-state index is 13.8. The van der Waals surface area contributed by atoms with Gasteiger partial charge in [0.2, 0.25) is 11.8 Å². The molecule has 3 aromatic rings. The number of benzene rings is 2. The van der Waals surface area contributed by atoms with Gasteiger partial charge in [0.25, 0.3) is 5.91 Å². The van der Waals surface area contributed by atoms with Gasteiger partial charge >= 0.3 is 5.97 Å². The third-order valence-corrected chi connectivity index (χ3v) is 7.83. The Morgan fingerprint density at radius 3 is 2.73 bits per heavy atom. The predicted octanol–water partition coefficient (Wildman–Crippen LogP) is 2.18. The van der Waals surface area contributed by atoms with E-state index in [1.165, 1.54) is 7.11 Å². The van der Waals surface area contributed by atoms with Crippen molar-refractivity contribution in [3.63, 3.8) is 0 Å². The highest BCUT2D eigenvalue weighted by Gasteiger charge is 2.61. The van der Waals surface area contributed by atoms with Gasteiger partial charge in [0.1, 0.15) is 17.2 Å². The fourth-order valence-electron chi connectivity index (χ4n) is 5.84. The topological polar surface area (TPSA) is 152 Å². The minimum Gasteiger partial charge on any atom is -0.469 e. The number of amides is 2. The maximum absolute atomic E-state index is 13.8. The van der Waals surface area contributed by atoms with E-state index in [1.807, 2.05) is 56.3 Å². The van der Waals surface area contributed by atoms with Gasteiger partial charge in [-0.1, -0.05) is 44.2 Å². The van der Waals surface area contributed by atoms with Crippen LogP contribution in [0.2, 0.25) is 0 Å². The zero-order valence-electron chi connectivity index (χ0n) is 22.3. The molecular formula is C29H30N4O7. The van der Waals surface area contributed by atoms with Crippen LogP contribution in [0.5, 0.6) is 5.75 Å². The first-order valence-electron chi connectivity index (χ1n) is 13.2. The molecule has 0 aliphatic carbocycles. The van der Waals surface area contributed by atoms with Crippen LogP contribution in [0.1, 0.15) is 65.1 Å². The fourth-order valence-corrected chi connectivity index (χ4v) is 5.84. The quantitative estimate of drug-likeness (QED) is 0.353. The molecule has 2 amide bonds. The molecule has 11 nitrogen and oxygen atoms in total. The highest BCUT2D eigenvalue weighted by Crippen LogP contribution is 2.58. The Balaban J connectivity index is 1.63. The Hall–Kier alpha value is -4.38. The van der Waals surface area contributed by atoms with E-state index in [0.29, 0.717) is 12.2 Å². The molecule has 0 radical (unpaired) electrons. The van der Waals surface area contributed by atoms with Crippen LogP contribution in [0.15, 0.2) is 46.9 Å². The van der Waals surface area contributed by atoms with Crippen molar-refractivity contribution in [1.82, 2.24) is 15.6 Å². The Morgan fingerprint density at radius 1 is 1.18 bits per heavy atom. The van der Waals surface area contributed by atoms with Gasteiger partial charge in [-0.25, -0.2) is 9.78 Å². The Kier molecular flexibility index (Phi) is 6.25. The highest BCUT2D eigenvalue weighted by molar-refractivity contribution is 5.97. The number of esters is 1. The van der Waals surface area contributed by atoms with Crippen LogP contribution in [0.3, 0.4) is 0 Å². The third kappa shape index (κ3) is 3.83. The summed E-state index contributed by atoms with van der Waals surface area (Å²) in [5, 5.41) is 18.8. The summed E-state index contributed by atoms with van der Waals surface area (Å²) >= 11 is 0. The molecule has 0 saturated heterocycles. The van der Waals surface area contributed by atoms with Crippen LogP contribution < -0.4 is 20.7 Å². The zero-order valence-corrected chi connectivity index (χ0v) is 22.3. The lowest BCUT2D eigenvalue weighted by atomic mass is 9.72. The number of aryl methyl sites for hydroxylation is 1. The average Bonchev–Trinajstić information content (AvgIpc) is 3.61. The molecule has 40 heavy (non-hydrogen) atoms. The minimum atomic E-state index is -1.31. The summed E-state index contributed by atoms with van der Waals surface area (Å²) in [5.74, 6) is -0.851. The molecule has 3 aliphatic heterocycles. The van der Waals surface area contributed by atoms with Crippen molar-refractivity contribution < 1.29 is 33.4 Å². The molecule has 2 aromatic carbocycles. The second-order valence-corrected chi connectivity index (χ2v) is 10.6. The first kappa shape index (κ1) is 25.9. The van der Waals surface area contributed by atoms with Crippen molar-refractivity contribution in [3.8, 4) is 5.75 Å². The van der Waals surface area contributed by atoms with Gasteiger partial charge in [0.15, 0.2) is 23.7 Å². The molecule has 4 bridgehead atoms. The summed E-state index contributed by atoms with van der Waals surface area (Å²) < 4.78 is 17.7. The Bertz CT molecular complexity index is 1520. The van der Waals surface area contributed by atoms with E-state index >= 15 is 0 Å². The van der Waals surface area contributed by atoms with Crippen molar-refractivity contribution in [2.75, 3.05) is 19.0 Å². The Labute approximate surface area is 230 Å². The number of nitrogens with zero attached hydrogens (tertiary/aromatic N) is 1. The lowest BCUT2D eigenvalue weighted by Gasteiger charge is -2.28. The lowest BCUT2D eigenvalue weighted by Crippen LogP contribution is -2.46. The molecule has 208 valence electrons. The number of aliphatic hydroxyl groups excluding tert-OH is 1. The van der Waals surface area contributed by atoms with Crippen LogP contribution >= 0.6 is 0 Å². The van der Waals surface area contributed by atoms with Crippen LogP contribution in [0.4, 0.5) is 5.69 Å². The largest absolute Gasteiger partial charge is 0.469 e. The number of carbonyl (C=O) groups is 3. The summed E-state index contributed by atoms with van der Waals surface area (Å²) in [6, 6.07) is 11.5. The summed E-state index contributed by atoms with van der Waals surface area (Å²) in [6.07, 6.45) is 0.107. The van der Waals surface area contributed by atoms with Gasteiger partial charge < -0.3 is 34.9 Å². The van der Waals surface area contributed by atoms with Crippen molar-refractivity contribution >= 4 is 23.5 Å². The van der Waals surface area contributed by atoms with Crippen LogP contribution in [0, 0.1) is 5.92 Å². The smallest absolute Gasteiger partial charge is 0.330 e. The minimum absolute atomic E-state index is 0.0816. The third-order valence-electron chi connectivity index (χ3n) is 7.83.